The number of benzene rings is 1. The van der Waals surface area contributed by atoms with Crippen LogP contribution < -0.4 is 0 Å². The summed E-state index contributed by atoms with van der Waals surface area (Å²) in [6, 6.07) is 4.20. The van der Waals surface area contributed by atoms with Crippen LogP contribution in [0.1, 0.15) is 29.3 Å². The van der Waals surface area contributed by atoms with Gasteiger partial charge in [0.15, 0.2) is 0 Å². The minimum atomic E-state index is -0.394. The van der Waals surface area contributed by atoms with Gasteiger partial charge in [0.1, 0.15) is 5.82 Å². The van der Waals surface area contributed by atoms with Crippen LogP contribution in [0.25, 0.3) is 0 Å². The SMILES string of the molecule is CCCOC(=O)c1ccc(F)c(C)c1. The van der Waals surface area contributed by atoms with Crippen molar-refractivity contribution in [3.05, 3.63) is 35.1 Å². The molecule has 0 unspecified atom stereocenters. The zero-order valence-electron chi connectivity index (χ0n) is 8.34. The molecule has 1 aromatic carbocycles. The van der Waals surface area contributed by atoms with Crippen LogP contribution in [0.15, 0.2) is 18.2 Å². The van der Waals surface area contributed by atoms with Gasteiger partial charge in [-0.25, -0.2) is 9.18 Å². The average Bonchev–Trinajstić information content (AvgIpc) is 2.18. The molecule has 0 saturated carbocycles. The number of esters is 1. The second-order valence-electron chi connectivity index (χ2n) is 3.10. The summed E-state index contributed by atoms with van der Waals surface area (Å²) in [5.74, 6) is -0.702. The van der Waals surface area contributed by atoms with Crippen molar-refractivity contribution in [3.63, 3.8) is 0 Å². The number of carbonyl (C=O) groups is 1. The Morgan fingerprint density at radius 3 is 2.79 bits per heavy atom. The van der Waals surface area contributed by atoms with Gasteiger partial charge in [-0.15, -0.1) is 0 Å². The Labute approximate surface area is 82.7 Å². The number of hydrogen-bond donors (Lipinski definition) is 0. The van der Waals surface area contributed by atoms with Crippen LogP contribution in [-0.2, 0) is 4.74 Å². The van der Waals surface area contributed by atoms with Crippen LogP contribution >= 0.6 is 0 Å². The van der Waals surface area contributed by atoms with Crippen LogP contribution in [0, 0.1) is 12.7 Å². The van der Waals surface area contributed by atoms with Gasteiger partial charge in [0.2, 0.25) is 0 Å². The first kappa shape index (κ1) is 10.7. The summed E-state index contributed by atoms with van der Waals surface area (Å²) in [4.78, 5) is 11.3. The lowest BCUT2D eigenvalue weighted by Gasteiger charge is -2.03. The molecule has 2 nitrogen and oxygen atoms in total. The topological polar surface area (TPSA) is 26.3 Å². The Hall–Kier alpha value is -1.38. The third-order valence-corrected chi connectivity index (χ3v) is 1.83. The first-order valence-electron chi connectivity index (χ1n) is 4.58. The zero-order valence-corrected chi connectivity index (χ0v) is 8.34. The fourth-order valence-electron chi connectivity index (χ4n) is 1.05. The van der Waals surface area contributed by atoms with Crippen molar-refractivity contribution in [3.8, 4) is 0 Å². The largest absolute Gasteiger partial charge is 0.462 e. The van der Waals surface area contributed by atoms with E-state index in [0.717, 1.165) is 6.42 Å². The summed E-state index contributed by atoms with van der Waals surface area (Å²) in [7, 11) is 0. The number of carbonyl (C=O) groups excluding carboxylic acids is 1. The van der Waals surface area contributed by atoms with Crippen LogP contribution in [0.2, 0.25) is 0 Å². The van der Waals surface area contributed by atoms with Gasteiger partial charge in [0, 0.05) is 0 Å². The highest BCUT2D eigenvalue weighted by molar-refractivity contribution is 5.89. The van der Waals surface area contributed by atoms with Gasteiger partial charge in [-0.1, -0.05) is 6.92 Å². The molecule has 0 fully saturated rings. The number of halogens is 1. The number of hydrogen-bond acceptors (Lipinski definition) is 2. The molecule has 0 bridgehead atoms. The van der Waals surface area contributed by atoms with Crippen molar-refractivity contribution < 1.29 is 13.9 Å². The van der Waals surface area contributed by atoms with E-state index in [1.807, 2.05) is 6.92 Å². The molecule has 0 aliphatic rings. The summed E-state index contributed by atoms with van der Waals surface area (Å²) >= 11 is 0. The molecule has 0 aliphatic carbocycles. The minimum absolute atomic E-state index is 0.308. The van der Waals surface area contributed by atoms with E-state index in [-0.39, 0.29) is 5.82 Å². The van der Waals surface area contributed by atoms with E-state index in [2.05, 4.69) is 0 Å². The molecule has 0 N–H and O–H groups in total. The molecule has 0 aliphatic heterocycles. The summed E-state index contributed by atoms with van der Waals surface area (Å²) < 4.78 is 17.8. The molecular formula is C11H13FO2. The van der Waals surface area contributed by atoms with Gasteiger partial charge >= 0.3 is 5.97 Å². The fourth-order valence-corrected chi connectivity index (χ4v) is 1.05. The molecule has 1 aromatic rings. The predicted octanol–water partition coefficient (Wildman–Crippen LogP) is 2.70. The van der Waals surface area contributed by atoms with E-state index in [1.165, 1.54) is 18.2 Å². The Balaban J connectivity index is 2.76. The normalized spacial score (nSPS) is 9.93. The standard InChI is InChI=1S/C11H13FO2/c1-3-6-14-11(13)9-4-5-10(12)8(2)7-9/h4-5,7H,3,6H2,1-2H3. The van der Waals surface area contributed by atoms with Crippen LogP contribution in [-0.4, -0.2) is 12.6 Å². The molecular weight excluding hydrogens is 183 g/mol. The van der Waals surface area contributed by atoms with Crippen LogP contribution in [0.5, 0.6) is 0 Å². The monoisotopic (exact) mass is 196 g/mol. The maximum Gasteiger partial charge on any atom is 0.338 e. The van der Waals surface area contributed by atoms with E-state index >= 15 is 0 Å². The Morgan fingerprint density at radius 2 is 2.21 bits per heavy atom. The zero-order chi connectivity index (χ0) is 10.6. The van der Waals surface area contributed by atoms with Crippen molar-refractivity contribution in [2.75, 3.05) is 6.61 Å². The molecule has 76 valence electrons. The first-order chi connectivity index (χ1) is 6.65. The smallest absolute Gasteiger partial charge is 0.338 e. The second-order valence-corrected chi connectivity index (χ2v) is 3.10. The fraction of sp³-hybridized carbons (Fsp3) is 0.364. The molecule has 0 radical (unpaired) electrons. The highest BCUT2D eigenvalue weighted by Crippen LogP contribution is 2.10. The second kappa shape index (κ2) is 4.74. The minimum Gasteiger partial charge on any atom is -0.462 e. The van der Waals surface area contributed by atoms with Crippen molar-refractivity contribution in [2.45, 2.75) is 20.3 Å². The van der Waals surface area contributed by atoms with E-state index in [4.69, 9.17) is 4.74 Å². The van der Waals surface area contributed by atoms with Gasteiger partial charge in [-0.2, -0.15) is 0 Å². The van der Waals surface area contributed by atoms with Gasteiger partial charge in [-0.05, 0) is 37.1 Å². The van der Waals surface area contributed by atoms with Crippen LogP contribution in [0.4, 0.5) is 4.39 Å². The Bertz CT molecular complexity index is 334. The molecule has 1 rings (SSSR count). The summed E-state index contributed by atoms with van der Waals surface area (Å²) in [6.07, 6.45) is 0.784. The van der Waals surface area contributed by atoms with E-state index in [9.17, 15) is 9.18 Å². The molecule has 0 amide bonds. The quantitative estimate of drug-likeness (QED) is 0.695. The maximum absolute atomic E-state index is 12.9. The van der Waals surface area contributed by atoms with Gasteiger partial charge in [0.05, 0.1) is 12.2 Å². The van der Waals surface area contributed by atoms with E-state index < -0.39 is 5.97 Å². The van der Waals surface area contributed by atoms with Gasteiger partial charge in [0.25, 0.3) is 0 Å². The predicted molar refractivity (Wildman–Crippen MR) is 51.7 cm³/mol. The van der Waals surface area contributed by atoms with E-state index in [0.29, 0.717) is 17.7 Å². The average molecular weight is 196 g/mol. The third kappa shape index (κ3) is 2.55. The van der Waals surface area contributed by atoms with Crippen molar-refractivity contribution in [1.82, 2.24) is 0 Å². The molecule has 0 atom stereocenters. The highest BCUT2D eigenvalue weighted by Gasteiger charge is 2.08. The molecule has 14 heavy (non-hydrogen) atoms. The van der Waals surface area contributed by atoms with Crippen molar-refractivity contribution >= 4 is 5.97 Å². The van der Waals surface area contributed by atoms with Crippen LogP contribution in [0.3, 0.4) is 0 Å². The van der Waals surface area contributed by atoms with E-state index in [1.54, 1.807) is 6.92 Å². The number of aryl methyl sites for hydroxylation is 1. The molecule has 0 saturated heterocycles. The number of ether oxygens (including phenoxy) is 1. The summed E-state index contributed by atoms with van der Waals surface area (Å²) in [5.41, 5.74) is 0.855. The highest BCUT2D eigenvalue weighted by atomic mass is 19.1. The molecule has 0 aromatic heterocycles. The molecule has 0 spiro atoms. The molecule has 3 heteroatoms. The summed E-state index contributed by atoms with van der Waals surface area (Å²) in [5, 5.41) is 0. The molecule has 0 heterocycles. The lowest BCUT2D eigenvalue weighted by Crippen LogP contribution is -2.06. The van der Waals surface area contributed by atoms with Gasteiger partial charge in [-0.3, -0.25) is 0 Å². The number of rotatable bonds is 3. The Kier molecular flexibility index (Phi) is 3.63. The lowest BCUT2D eigenvalue weighted by molar-refractivity contribution is 0.0505. The Morgan fingerprint density at radius 1 is 1.50 bits per heavy atom. The van der Waals surface area contributed by atoms with Gasteiger partial charge < -0.3 is 4.74 Å². The van der Waals surface area contributed by atoms with Crippen molar-refractivity contribution in [1.29, 1.82) is 0 Å². The third-order valence-electron chi connectivity index (χ3n) is 1.83. The maximum atomic E-state index is 12.9. The first-order valence-corrected chi connectivity index (χ1v) is 4.58. The summed E-state index contributed by atoms with van der Waals surface area (Å²) in [6.45, 7) is 3.93. The lowest BCUT2D eigenvalue weighted by atomic mass is 10.1. The van der Waals surface area contributed by atoms with Crippen molar-refractivity contribution in [2.24, 2.45) is 0 Å².